The van der Waals surface area contributed by atoms with Crippen molar-refractivity contribution in [1.82, 2.24) is 0 Å². The summed E-state index contributed by atoms with van der Waals surface area (Å²) in [4.78, 5) is 17.9. The van der Waals surface area contributed by atoms with E-state index in [0.717, 1.165) is 20.0 Å². The van der Waals surface area contributed by atoms with E-state index in [0.29, 0.717) is 0 Å². The van der Waals surface area contributed by atoms with E-state index in [1.807, 2.05) is 0 Å². The number of hydrogen-bond donors (Lipinski definition) is 1. The Hall–Kier alpha value is -2.54. The average Bonchev–Trinajstić information content (AvgIpc) is 2.71. The van der Waals surface area contributed by atoms with Crippen LogP contribution in [0.1, 0.15) is 20.8 Å². The van der Waals surface area contributed by atoms with Crippen LogP contribution in [0.3, 0.4) is 0 Å². The summed E-state index contributed by atoms with van der Waals surface area (Å²) in [5, 5.41) is 20.7. The molecule has 0 spiro atoms. The molecule has 0 fully saturated rings. The number of aliphatic carboxylic acids is 2. The minimum absolute atomic E-state index is 0. The lowest BCUT2D eigenvalue weighted by atomic mass is 10.4. The first-order chi connectivity index (χ1) is 13.8. The average molecular weight is 444 g/mol. The van der Waals surface area contributed by atoms with Crippen LogP contribution in [0.25, 0.3) is 0 Å². The number of carboxylic acids is 2. The zero-order valence-corrected chi connectivity index (χ0v) is 20.0. The number of hydrogen-bond acceptors (Lipinski definition) is 3. The number of benzene rings is 3. The second kappa shape index (κ2) is 14.4. The van der Waals surface area contributed by atoms with E-state index in [-0.39, 0.29) is 9.90 Å². The molecule has 3 rings (SSSR count). The van der Waals surface area contributed by atoms with E-state index < -0.39 is 19.2 Å². The monoisotopic (exact) mass is 444 g/mol. The molecule has 1 unspecified atom stereocenters. The second-order valence-electron chi connectivity index (χ2n) is 6.14. The van der Waals surface area contributed by atoms with Gasteiger partial charge in [0.2, 0.25) is 0 Å². The summed E-state index contributed by atoms with van der Waals surface area (Å²) >= 11 is 0. The molecular formula is C24H30O4P2. The van der Waals surface area contributed by atoms with Crippen molar-refractivity contribution in [2.75, 3.05) is 6.16 Å². The van der Waals surface area contributed by atoms with Crippen molar-refractivity contribution < 1.29 is 19.8 Å². The van der Waals surface area contributed by atoms with Crippen molar-refractivity contribution in [3.05, 3.63) is 91.0 Å². The SMILES string of the molecule is CC(=O)O.CC(=O)[O-].CC[P+](c1ccccc1)(c1ccccc1)c1ccccc1.P. The molecule has 6 heteroatoms. The van der Waals surface area contributed by atoms with Crippen LogP contribution < -0.4 is 21.0 Å². The Bertz CT molecular complexity index is 753. The van der Waals surface area contributed by atoms with Crippen molar-refractivity contribution in [3.63, 3.8) is 0 Å². The highest BCUT2D eigenvalue weighted by atomic mass is 31.2. The van der Waals surface area contributed by atoms with Gasteiger partial charge in [-0.15, -0.1) is 0 Å². The number of carboxylic acid groups (broad SMARTS) is 2. The molecule has 1 N–H and O–H groups in total. The first kappa shape index (κ1) is 27.5. The third kappa shape index (κ3) is 8.45. The molecule has 1 atom stereocenters. The molecule has 0 bridgehead atoms. The Kier molecular flexibility index (Phi) is 13.2. The van der Waals surface area contributed by atoms with Crippen LogP contribution >= 0.6 is 17.2 Å². The number of carbonyl (C=O) groups excluding carboxylic acids is 1. The third-order valence-corrected chi connectivity index (χ3v) is 8.55. The third-order valence-electron chi connectivity index (χ3n) is 4.07. The standard InChI is InChI=1S/C20H20P.2C2H4O2.H3P/c1-2-21(18-12-6-3-7-13-18,19-14-8-4-9-15-19)20-16-10-5-11-17-20;2*1-2(3)4;/h3-17H,2H2,1H3;2*1H3,(H,3,4);1H3/q+1;;;/p-1. The van der Waals surface area contributed by atoms with Gasteiger partial charge in [-0.25, -0.2) is 0 Å². The number of carbonyl (C=O) groups is 2. The molecule has 3 aromatic rings. The highest BCUT2D eigenvalue weighted by molar-refractivity contribution is 7.95. The fourth-order valence-electron chi connectivity index (χ4n) is 3.04. The molecule has 0 aromatic heterocycles. The number of rotatable bonds is 4. The van der Waals surface area contributed by atoms with Gasteiger partial charge in [-0.05, 0) is 50.2 Å². The van der Waals surface area contributed by atoms with E-state index >= 15 is 0 Å². The Labute approximate surface area is 182 Å². The van der Waals surface area contributed by atoms with Crippen molar-refractivity contribution in [2.45, 2.75) is 20.8 Å². The Morgan fingerprint density at radius 1 is 0.733 bits per heavy atom. The van der Waals surface area contributed by atoms with Gasteiger partial charge in [0.05, 0.1) is 6.16 Å². The lowest BCUT2D eigenvalue weighted by Gasteiger charge is -2.26. The van der Waals surface area contributed by atoms with Crippen LogP contribution in [0.5, 0.6) is 0 Å². The summed E-state index contributed by atoms with van der Waals surface area (Å²) in [5.41, 5.74) is 0. The maximum atomic E-state index is 9.00. The van der Waals surface area contributed by atoms with E-state index in [4.69, 9.17) is 19.8 Å². The minimum atomic E-state index is -1.53. The van der Waals surface area contributed by atoms with Gasteiger partial charge in [0.15, 0.2) is 0 Å². The van der Waals surface area contributed by atoms with E-state index in [1.54, 1.807) is 0 Å². The van der Waals surface area contributed by atoms with Crippen LogP contribution in [0.4, 0.5) is 0 Å². The van der Waals surface area contributed by atoms with E-state index in [9.17, 15) is 0 Å². The van der Waals surface area contributed by atoms with Crippen molar-refractivity contribution in [3.8, 4) is 0 Å². The van der Waals surface area contributed by atoms with E-state index in [1.165, 1.54) is 15.9 Å². The zero-order valence-electron chi connectivity index (χ0n) is 17.7. The molecule has 0 aliphatic heterocycles. The van der Waals surface area contributed by atoms with Gasteiger partial charge in [-0.2, -0.15) is 9.90 Å². The normalized spacial score (nSPS) is 9.57. The molecule has 0 aliphatic carbocycles. The van der Waals surface area contributed by atoms with Gasteiger partial charge in [0, 0.05) is 12.9 Å². The first-order valence-electron chi connectivity index (χ1n) is 9.26. The van der Waals surface area contributed by atoms with Crippen LogP contribution in [-0.2, 0) is 9.59 Å². The summed E-state index contributed by atoms with van der Waals surface area (Å²) in [6.45, 7) is 4.38. The summed E-state index contributed by atoms with van der Waals surface area (Å²) < 4.78 is 0. The van der Waals surface area contributed by atoms with Crippen LogP contribution in [-0.4, -0.2) is 23.2 Å². The highest BCUT2D eigenvalue weighted by Gasteiger charge is 2.43. The lowest BCUT2D eigenvalue weighted by Crippen LogP contribution is -2.32. The Morgan fingerprint density at radius 3 is 1.10 bits per heavy atom. The fraction of sp³-hybridized carbons (Fsp3) is 0.167. The highest BCUT2D eigenvalue weighted by Crippen LogP contribution is 2.54. The first-order valence-corrected chi connectivity index (χ1v) is 11.2. The largest absolute Gasteiger partial charge is 0.550 e. The smallest absolute Gasteiger partial charge is 0.300 e. The molecule has 160 valence electrons. The van der Waals surface area contributed by atoms with Gasteiger partial charge in [-0.1, -0.05) is 54.6 Å². The Morgan fingerprint density at radius 2 is 0.933 bits per heavy atom. The Balaban J connectivity index is 0.000000808. The molecule has 0 saturated carbocycles. The molecule has 0 aliphatic rings. The zero-order chi connectivity index (χ0) is 21.7. The molecule has 0 heterocycles. The molecule has 30 heavy (non-hydrogen) atoms. The molecule has 4 nitrogen and oxygen atoms in total. The minimum Gasteiger partial charge on any atom is -0.550 e. The summed E-state index contributed by atoms with van der Waals surface area (Å²) in [7, 11) is -1.53. The predicted octanol–water partition coefficient (Wildman–Crippen LogP) is 2.91. The molecule has 0 amide bonds. The van der Waals surface area contributed by atoms with Gasteiger partial charge in [0.25, 0.3) is 5.97 Å². The van der Waals surface area contributed by atoms with Crippen LogP contribution in [0.2, 0.25) is 0 Å². The fourth-order valence-corrected chi connectivity index (χ4v) is 7.08. The molecule has 3 aromatic carbocycles. The van der Waals surface area contributed by atoms with Crippen molar-refractivity contribution >= 4 is 45.0 Å². The van der Waals surface area contributed by atoms with Gasteiger partial charge in [0.1, 0.15) is 23.2 Å². The maximum Gasteiger partial charge on any atom is 0.300 e. The summed E-state index contributed by atoms with van der Waals surface area (Å²) in [6.07, 6.45) is 1.14. The topological polar surface area (TPSA) is 77.4 Å². The summed E-state index contributed by atoms with van der Waals surface area (Å²) in [6, 6.07) is 33.0. The van der Waals surface area contributed by atoms with Gasteiger partial charge >= 0.3 is 0 Å². The second-order valence-corrected chi connectivity index (χ2v) is 9.94. The quantitative estimate of drug-likeness (QED) is 0.628. The molecule has 0 saturated heterocycles. The van der Waals surface area contributed by atoms with Crippen molar-refractivity contribution in [2.24, 2.45) is 0 Å². The van der Waals surface area contributed by atoms with E-state index in [2.05, 4.69) is 97.9 Å². The van der Waals surface area contributed by atoms with Gasteiger partial charge in [-0.3, -0.25) is 4.79 Å². The summed E-state index contributed by atoms with van der Waals surface area (Å²) in [5.74, 6) is -1.92. The van der Waals surface area contributed by atoms with Crippen molar-refractivity contribution in [1.29, 1.82) is 0 Å². The van der Waals surface area contributed by atoms with Crippen LogP contribution in [0.15, 0.2) is 91.0 Å². The maximum absolute atomic E-state index is 9.00. The predicted molar refractivity (Wildman–Crippen MR) is 131 cm³/mol. The molecule has 0 radical (unpaired) electrons. The lowest BCUT2D eigenvalue weighted by molar-refractivity contribution is -0.302. The molecular weight excluding hydrogens is 414 g/mol. The van der Waals surface area contributed by atoms with Gasteiger partial charge < -0.3 is 15.0 Å². The van der Waals surface area contributed by atoms with Crippen LogP contribution in [0, 0.1) is 0 Å².